The number of quaternary nitrogens is 1. The highest BCUT2D eigenvalue weighted by molar-refractivity contribution is 5.91. The Labute approximate surface area is 142 Å². The molecule has 3 rings (SSSR count). The summed E-state index contributed by atoms with van der Waals surface area (Å²) in [6, 6.07) is 17.9. The molecule has 0 aromatic heterocycles. The van der Waals surface area contributed by atoms with Crippen LogP contribution in [-0.2, 0) is 4.79 Å². The van der Waals surface area contributed by atoms with Gasteiger partial charge >= 0.3 is 0 Å². The van der Waals surface area contributed by atoms with Gasteiger partial charge in [0.1, 0.15) is 5.75 Å². The van der Waals surface area contributed by atoms with Gasteiger partial charge in [0, 0.05) is 12.1 Å². The Bertz CT molecular complexity index is 708. The Morgan fingerprint density at radius 1 is 1.12 bits per heavy atom. The predicted molar refractivity (Wildman–Crippen MR) is 96.2 cm³/mol. The summed E-state index contributed by atoms with van der Waals surface area (Å²) in [5.41, 5.74) is 3.48. The molecule has 2 N–H and O–H groups in total. The molecule has 24 heavy (non-hydrogen) atoms. The van der Waals surface area contributed by atoms with Crippen LogP contribution in [0.15, 0.2) is 60.7 Å². The summed E-state index contributed by atoms with van der Waals surface area (Å²) in [5.74, 6) is 0.833. The summed E-state index contributed by atoms with van der Waals surface area (Å²) in [6.07, 6.45) is 3.27. The highest BCUT2D eigenvalue weighted by Gasteiger charge is 2.18. The Morgan fingerprint density at radius 3 is 2.50 bits per heavy atom. The van der Waals surface area contributed by atoms with Gasteiger partial charge < -0.3 is 15.0 Å². The second-order valence-electron chi connectivity index (χ2n) is 6.00. The van der Waals surface area contributed by atoms with Gasteiger partial charge in [-0.1, -0.05) is 30.3 Å². The first-order valence-electron chi connectivity index (χ1n) is 8.26. The van der Waals surface area contributed by atoms with Gasteiger partial charge in [-0.3, -0.25) is 4.79 Å². The molecule has 0 saturated carbocycles. The fourth-order valence-electron chi connectivity index (χ4n) is 2.96. The van der Waals surface area contributed by atoms with E-state index in [1.807, 2.05) is 30.3 Å². The third-order valence-electron chi connectivity index (χ3n) is 4.31. The number of hydrogen-bond donors (Lipinski definition) is 2. The van der Waals surface area contributed by atoms with Crippen molar-refractivity contribution in [3.63, 3.8) is 0 Å². The first kappa shape index (κ1) is 16.3. The number of rotatable bonds is 5. The van der Waals surface area contributed by atoms with Crippen molar-refractivity contribution in [3.8, 4) is 5.75 Å². The van der Waals surface area contributed by atoms with E-state index < -0.39 is 0 Å². The van der Waals surface area contributed by atoms with E-state index in [1.165, 1.54) is 16.0 Å². The molecule has 4 nitrogen and oxygen atoms in total. The van der Waals surface area contributed by atoms with Gasteiger partial charge in [0.2, 0.25) is 0 Å². The zero-order valence-electron chi connectivity index (χ0n) is 13.9. The molecule has 4 heteroatoms. The number of carbonyl (C=O) groups is 1. The lowest BCUT2D eigenvalue weighted by Gasteiger charge is -2.23. The normalized spacial score (nSPS) is 17.0. The minimum absolute atomic E-state index is 0.0479. The molecule has 1 unspecified atom stereocenters. The molecule has 1 amide bonds. The summed E-state index contributed by atoms with van der Waals surface area (Å²) < 4.78 is 5.12. The average molecular weight is 323 g/mol. The van der Waals surface area contributed by atoms with Crippen LogP contribution in [0.3, 0.4) is 0 Å². The van der Waals surface area contributed by atoms with E-state index in [0.29, 0.717) is 6.54 Å². The van der Waals surface area contributed by atoms with Crippen LogP contribution in [0.5, 0.6) is 5.75 Å². The van der Waals surface area contributed by atoms with Gasteiger partial charge in [-0.2, -0.15) is 0 Å². The van der Waals surface area contributed by atoms with E-state index in [-0.39, 0.29) is 5.91 Å². The van der Waals surface area contributed by atoms with Gasteiger partial charge in [0.15, 0.2) is 6.54 Å². The number of amides is 1. The maximum atomic E-state index is 12.2. The maximum Gasteiger partial charge on any atom is 0.279 e. The van der Waals surface area contributed by atoms with Crippen molar-refractivity contribution in [2.75, 3.05) is 32.1 Å². The first-order valence-corrected chi connectivity index (χ1v) is 8.26. The minimum Gasteiger partial charge on any atom is -0.497 e. The van der Waals surface area contributed by atoms with E-state index in [4.69, 9.17) is 4.74 Å². The fourth-order valence-corrected chi connectivity index (χ4v) is 2.96. The molecule has 124 valence electrons. The first-order chi connectivity index (χ1) is 11.7. The zero-order valence-corrected chi connectivity index (χ0v) is 13.9. The fraction of sp³-hybridized carbons (Fsp3) is 0.250. The number of methoxy groups -OCH3 is 1. The lowest BCUT2D eigenvalue weighted by molar-refractivity contribution is -0.886. The lowest BCUT2D eigenvalue weighted by atomic mass is 10.00. The topological polar surface area (TPSA) is 42.8 Å². The van der Waals surface area contributed by atoms with Crippen molar-refractivity contribution < 1.29 is 14.4 Å². The quantitative estimate of drug-likeness (QED) is 0.884. The monoisotopic (exact) mass is 323 g/mol. The molecule has 0 bridgehead atoms. The molecule has 1 aliphatic heterocycles. The van der Waals surface area contributed by atoms with Gasteiger partial charge in [-0.05, 0) is 41.5 Å². The largest absolute Gasteiger partial charge is 0.497 e. The summed E-state index contributed by atoms with van der Waals surface area (Å²) in [6.45, 7) is 2.36. The molecule has 2 aromatic carbocycles. The van der Waals surface area contributed by atoms with Crippen molar-refractivity contribution in [1.82, 2.24) is 0 Å². The smallest absolute Gasteiger partial charge is 0.279 e. The Kier molecular flexibility index (Phi) is 5.29. The van der Waals surface area contributed by atoms with Crippen LogP contribution in [0, 0.1) is 0 Å². The van der Waals surface area contributed by atoms with Crippen LogP contribution < -0.4 is 15.0 Å². The minimum atomic E-state index is 0.0479. The standard InChI is InChI=1S/C20H22N2O2/c1-24-19-9-7-18(8-10-19)21-20(23)15-22-13-11-17(12-14-22)16-5-3-2-4-6-16/h2-11H,12-15H2,1H3,(H,21,23)/p+1. The Morgan fingerprint density at radius 2 is 1.88 bits per heavy atom. The summed E-state index contributed by atoms with van der Waals surface area (Å²) in [5, 5.41) is 2.95. The molecule has 0 radical (unpaired) electrons. The summed E-state index contributed by atoms with van der Waals surface area (Å²) in [4.78, 5) is 13.5. The van der Waals surface area contributed by atoms with Crippen LogP contribution in [0.4, 0.5) is 5.69 Å². The van der Waals surface area contributed by atoms with Crippen LogP contribution in [-0.4, -0.2) is 32.7 Å². The van der Waals surface area contributed by atoms with Crippen molar-refractivity contribution in [1.29, 1.82) is 0 Å². The van der Waals surface area contributed by atoms with E-state index in [1.54, 1.807) is 7.11 Å². The van der Waals surface area contributed by atoms with Crippen LogP contribution in [0.2, 0.25) is 0 Å². The van der Waals surface area contributed by atoms with Crippen molar-refractivity contribution in [3.05, 3.63) is 66.2 Å². The van der Waals surface area contributed by atoms with Crippen LogP contribution in [0.25, 0.3) is 5.57 Å². The third kappa shape index (κ3) is 4.24. The molecular weight excluding hydrogens is 300 g/mol. The predicted octanol–water partition coefficient (Wildman–Crippen LogP) is 2.01. The third-order valence-corrected chi connectivity index (χ3v) is 4.31. The molecule has 0 saturated heterocycles. The SMILES string of the molecule is COc1ccc(NC(=O)C[NH+]2CC=C(c3ccccc3)CC2)cc1. The van der Waals surface area contributed by atoms with Gasteiger partial charge in [-0.15, -0.1) is 0 Å². The molecule has 1 heterocycles. The van der Waals surface area contributed by atoms with Gasteiger partial charge in [0.25, 0.3) is 5.91 Å². The molecule has 1 atom stereocenters. The van der Waals surface area contributed by atoms with E-state index in [0.717, 1.165) is 30.9 Å². The summed E-state index contributed by atoms with van der Waals surface area (Å²) >= 11 is 0. The van der Waals surface area contributed by atoms with Crippen molar-refractivity contribution in [2.45, 2.75) is 6.42 Å². The van der Waals surface area contributed by atoms with Crippen molar-refractivity contribution in [2.24, 2.45) is 0 Å². The number of nitrogens with one attached hydrogen (secondary N) is 2. The van der Waals surface area contributed by atoms with Crippen molar-refractivity contribution >= 4 is 17.2 Å². The highest BCUT2D eigenvalue weighted by atomic mass is 16.5. The Balaban J connectivity index is 1.51. The number of benzene rings is 2. The molecular formula is C20H23N2O2+. The lowest BCUT2D eigenvalue weighted by Crippen LogP contribution is -3.13. The van der Waals surface area contributed by atoms with Crippen LogP contribution >= 0.6 is 0 Å². The molecule has 2 aromatic rings. The summed E-state index contributed by atoms with van der Waals surface area (Å²) in [7, 11) is 1.63. The van der Waals surface area contributed by atoms with Gasteiger partial charge in [-0.25, -0.2) is 0 Å². The van der Waals surface area contributed by atoms with E-state index >= 15 is 0 Å². The molecule has 0 aliphatic carbocycles. The maximum absolute atomic E-state index is 12.2. The van der Waals surface area contributed by atoms with E-state index in [9.17, 15) is 4.79 Å². The Hall–Kier alpha value is -2.59. The van der Waals surface area contributed by atoms with Gasteiger partial charge in [0.05, 0.1) is 20.2 Å². The van der Waals surface area contributed by atoms with Crippen LogP contribution in [0.1, 0.15) is 12.0 Å². The number of ether oxygens (including phenoxy) is 1. The molecule has 0 spiro atoms. The molecule has 0 fully saturated rings. The molecule has 1 aliphatic rings. The number of anilines is 1. The second kappa shape index (κ2) is 7.79. The van der Waals surface area contributed by atoms with E-state index in [2.05, 4.69) is 35.7 Å². The second-order valence-corrected chi connectivity index (χ2v) is 6.00. The average Bonchev–Trinajstić information content (AvgIpc) is 2.64. The highest BCUT2D eigenvalue weighted by Crippen LogP contribution is 2.18. The number of carbonyl (C=O) groups excluding carboxylic acids is 1. The number of hydrogen-bond acceptors (Lipinski definition) is 2. The zero-order chi connectivity index (χ0) is 16.8.